The van der Waals surface area contributed by atoms with E-state index >= 15 is 0 Å². The van der Waals surface area contributed by atoms with Gasteiger partial charge in [0.1, 0.15) is 11.6 Å². The fourth-order valence-corrected chi connectivity index (χ4v) is 2.08. The molecule has 0 unspecified atom stereocenters. The molecule has 156 valence electrons. The van der Waals surface area contributed by atoms with Crippen LogP contribution in [-0.2, 0) is 14.3 Å². The van der Waals surface area contributed by atoms with Gasteiger partial charge in [-0.3, -0.25) is 9.59 Å². The zero-order valence-corrected chi connectivity index (χ0v) is 17.8. The Morgan fingerprint density at radius 2 is 1.37 bits per heavy atom. The number of amides is 3. The summed E-state index contributed by atoms with van der Waals surface area (Å²) in [6.45, 7) is 13.9. The van der Waals surface area contributed by atoms with Crippen LogP contribution in [0.2, 0.25) is 0 Å². The maximum atomic E-state index is 12.3. The van der Waals surface area contributed by atoms with Crippen LogP contribution in [0.1, 0.15) is 61.3 Å². The number of rotatable bonds is 10. The highest BCUT2D eigenvalue weighted by Crippen LogP contribution is 2.09. The lowest BCUT2D eigenvalue weighted by Gasteiger charge is -2.25. The van der Waals surface area contributed by atoms with Gasteiger partial charge in [-0.25, -0.2) is 4.79 Å². The lowest BCUT2D eigenvalue weighted by molar-refractivity contribution is -0.124. The molecule has 0 rings (SSSR count). The smallest absolute Gasteiger partial charge is 0.408 e. The van der Waals surface area contributed by atoms with Crippen LogP contribution < -0.4 is 16.0 Å². The van der Waals surface area contributed by atoms with Crippen molar-refractivity contribution in [3.63, 3.8) is 0 Å². The van der Waals surface area contributed by atoms with E-state index in [1.807, 2.05) is 39.8 Å². The van der Waals surface area contributed by atoms with E-state index in [9.17, 15) is 14.4 Å². The minimum Gasteiger partial charge on any atom is -0.444 e. The molecule has 0 bridgehead atoms. The molecule has 27 heavy (non-hydrogen) atoms. The van der Waals surface area contributed by atoms with Crippen molar-refractivity contribution in [1.29, 1.82) is 0 Å². The quantitative estimate of drug-likeness (QED) is 0.399. The first kappa shape index (κ1) is 24.9. The maximum absolute atomic E-state index is 12.3. The molecule has 0 saturated heterocycles. The van der Waals surface area contributed by atoms with E-state index in [1.54, 1.807) is 20.8 Å². The van der Waals surface area contributed by atoms with Gasteiger partial charge in [-0.1, -0.05) is 39.8 Å². The molecule has 0 aromatic rings. The second-order valence-corrected chi connectivity index (χ2v) is 8.15. The summed E-state index contributed by atoms with van der Waals surface area (Å²) >= 11 is 0. The summed E-state index contributed by atoms with van der Waals surface area (Å²) < 4.78 is 5.21. The van der Waals surface area contributed by atoms with E-state index in [4.69, 9.17) is 4.74 Å². The first-order valence-corrected chi connectivity index (χ1v) is 9.64. The van der Waals surface area contributed by atoms with Gasteiger partial charge < -0.3 is 20.7 Å². The number of ether oxygens (including phenoxy) is 1. The number of carbonyl (C=O) groups excluding carboxylic acids is 3. The summed E-state index contributed by atoms with van der Waals surface area (Å²) in [5.41, 5.74) is -0.610. The van der Waals surface area contributed by atoms with E-state index in [2.05, 4.69) is 16.0 Å². The lowest BCUT2D eigenvalue weighted by atomic mass is 10.0. The van der Waals surface area contributed by atoms with Crippen LogP contribution in [0.25, 0.3) is 0 Å². The number of nitrogens with one attached hydrogen (secondary N) is 3. The van der Waals surface area contributed by atoms with Crippen LogP contribution in [0.4, 0.5) is 4.79 Å². The molecule has 1 atom stereocenters. The van der Waals surface area contributed by atoms with Crippen LogP contribution >= 0.6 is 0 Å². The van der Waals surface area contributed by atoms with Gasteiger partial charge in [0.25, 0.3) is 0 Å². The van der Waals surface area contributed by atoms with Crippen molar-refractivity contribution in [3.8, 4) is 0 Å². The fourth-order valence-electron chi connectivity index (χ4n) is 2.08. The van der Waals surface area contributed by atoms with Crippen LogP contribution in [0.15, 0.2) is 12.2 Å². The molecule has 0 radical (unpaired) electrons. The number of alkyl carbamates (subject to hydrolysis) is 1. The predicted molar refractivity (Wildman–Crippen MR) is 107 cm³/mol. The molecule has 7 nitrogen and oxygen atoms in total. The van der Waals surface area contributed by atoms with Gasteiger partial charge in [-0.15, -0.1) is 0 Å². The zero-order chi connectivity index (χ0) is 21.0. The molecule has 0 spiro atoms. The van der Waals surface area contributed by atoms with Crippen LogP contribution in [0.3, 0.4) is 0 Å². The monoisotopic (exact) mass is 383 g/mol. The average Bonchev–Trinajstić information content (AvgIpc) is 2.52. The minimum atomic E-state index is -0.643. The second-order valence-electron chi connectivity index (χ2n) is 8.15. The van der Waals surface area contributed by atoms with Crippen LogP contribution in [-0.4, -0.2) is 42.6 Å². The third-order valence-corrected chi connectivity index (χ3v) is 3.53. The zero-order valence-electron chi connectivity index (χ0n) is 17.8. The second kappa shape index (κ2) is 12.4. The normalized spacial score (nSPS) is 12.9. The highest BCUT2D eigenvalue weighted by atomic mass is 16.6. The third kappa shape index (κ3) is 12.9. The molecule has 0 aromatic heterocycles. The first-order chi connectivity index (χ1) is 12.4. The van der Waals surface area contributed by atoms with Gasteiger partial charge in [0.15, 0.2) is 0 Å². The van der Waals surface area contributed by atoms with Crippen molar-refractivity contribution in [1.82, 2.24) is 16.0 Å². The topological polar surface area (TPSA) is 96.5 Å². The van der Waals surface area contributed by atoms with Crippen molar-refractivity contribution in [2.75, 3.05) is 13.1 Å². The summed E-state index contributed by atoms with van der Waals surface area (Å²) in [6.07, 6.45) is 4.78. The lowest BCUT2D eigenvalue weighted by Crippen LogP contribution is -2.51. The van der Waals surface area contributed by atoms with E-state index in [0.29, 0.717) is 19.5 Å². The summed E-state index contributed by atoms with van der Waals surface area (Å²) in [7, 11) is 0. The summed E-state index contributed by atoms with van der Waals surface area (Å²) in [5, 5.41) is 8.30. The van der Waals surface area contributed by atoms with E-state index in [0.717, 1.165) is 6.42 Å². The predicted octanol–water partition coefficient (Wildman–Crippen LogP) is 2.76. The van der Waals surface area contributed by atoms with Gasteiger partial charge in [0, 0.05) is 19.0 Å². The molecule has 0 heterocycles. The largest absolute Gasteiger partial charge is 0.444 e. The molecule has 0 fully saturated rings. The molecule has 7 heteroatoms. The van der Waals surface area contributed by atoms with Gasteiger partial charge in [-0.2, -0.15) is 0 Å². The van der Waals surface area contributed by atoms with E-state index in [-0.39, 0.29) is 23.7 Å². The van der Waals surface area contributed by atoms with Gasteiger partial charge in [0.05, 0.1) is 0 Å². The summed E-state index contributed by atoms with van der Waals surface area (Å²) in [5.74, 6) is -0.244. The molecule has 0 saturated carbocycles. The Morgan fingerprint density at radius 1 is 0.889 bits per heavy atom. The molecule has 0 aliphatic rings. The molecule has 3 amide bonds. The number of hydrogen-bond donors (Lipinski definition) is 3. The molecule has 0 aromatic carbocycles. The molecular weight excluding hydrogens is 346 g/mol. The average molecular weight is 384 g/mol. The molecular formula is C20H37N3O4. The minimum absolute atomic E-state index is 0.00705. The van der Waals surface area contributed by atoms with Crippen molar-refractivity contribution in [2.45, 2.75) is 73.0 Å². The summed E-state index contributed by atoms with van der Waals surface area (Å²) in [4.78, 5) is 35.6. The first-order valence-electron chi connectivity index (χ1n) is 9.64. The van der Waals surface area contributed by atoms with Crippen molar-refractivity contribution in [2.24, 2.45) is 11.8 Å². The van der Waals surface area contributed by atoms with E-state index in [1.165, 1.54) is 0 Å². The highest BCUT2D eigenvalue weighted by molar-refractivity contribution is 5.85. The van der Waals surface area contributed by atoms with Gasteiger partial charge in [0.2, 0.25) is 11.8 Å². The Morgan fingerprint density at radius 3 is 1.78 bits per heavy atom. The standard InChI is InChI=1S/C20H37N3O4/c1-14(2)16(23-19(26)27-20(5,6)7)18(25)22-13-11-9-8-10-12-21-17(24)15(3)4/h8-9,14-16H,10-13H2,1-7H3,(H,21,24)(H,22,25)(H,23,26)/b9-8-/t16-/m0/s1. The Hall–Kier alpha value is -2.05. The highest BCUT2D eigenvalue weighted by Gasteiger charge is 2.26. The Kier molecular flexibility index (Phi) is 11.4. The Labute approximate surface area is 163 Å². The maximum Gasteiger partial charge on any atom is 0.408 e. The molecule has 0 aliphatic carbocycles. The van der Waals surface area contributed by atoms with Crippen LogP contribution in [0, 0.1) is 11.8 Å². The molecule has 3 N–H and O–H groups in total. The van der Waals surface area contributed by atoms with Crippen LogP contribution in [0.5, 0.6) is 0 Å². The van der Waals surface area contributed by atoms with Gasteiger partial charge in [-0.05, 0) is 39.5 Å². The Balaban J connectivity index is 4.16. The summed E-state index contributed by atoms with van der Waals surface area (Å²) in [6, 6.07) is -0.643. The number of hydrogen-bond acceptors (Lipinski definition) is 4. The Bertz CT molecular complexity index is 508. The third-order valence-electron chi connectivity index (χ3n) is 3.53. The number of carbonyl (C=O) groups is 3. The van der Waals surface area contributed by atoms with Crippen molar-refractivity contribution in [3.05, 3.63) is 12.2 Å². The molecule has 0 aliphatic heterocycles. The SMILES string of the molecule is CC(C)C(=O)NCC/C=C\CCNC(=O)[C@@H](NC(=O)OC(C)(C)C)C(C)C. The van der Waals surface area contributed by atoms with Crippen molar-refractivity contribution < 1.29 is 19.1 Å². The van der Waals surface area contributed by atoms with Crippen molar-refractivity contribution >= 4 is 17.9 Å². The fraction of sp³-hybridized carbons (Fsp3) is 0.750. The van der Waals surface area contributed by atoms with E-state index < -0.39 is 17.7 Å². The van der Waals surface area contributed by atoms with Gasteiger partial charge >= 0.3 is 6.09 Å².